The van der Waals surface area contributed by atoms with Crippen molar-refractivity contribution in [1.82, 2.24) is 0 Å². The number of carbonyl (C=O) groups excluding carboxylic acids is 1. The van der Waals surface area contributed by atoms with Crippen LogP contribution in [-0.2, 0) is 4.79 Å². The second-order valence-corrected chi connectivity index (χ2v) is 5.33. The smallest absolute Gasteiger partial charge is 0.132 e. The molecule has 0 aromatic heterocycles. The lowest BCUT2D eigenvalue weighted by Crippen LogP contribution is -2.09. The monoisotopic (exact) mass is 240 g/mol. The van der Waals surface area contributed by atoms with Gasteiger partial charge in [-0.1, -0.05) is 71.6 Å². The summed E-state index contributed by atoms with van der Waals surface area (Å²) in [4.78, 5) is 11.2. The molecular formula is C16H32O. The summed E-state index contributed by atoms with van der Waals surface area (Å²) in [7, 11) is 0. The Kier molecular flexibility index (Phi) is 11.9. The largest absolute Gasteiger partial charge is 0.300 e. The van der Waals surface area contributed by atoms with Crippen LogP contribution in [0.4, 0.5) is 0 Å². The fraction of sp³-hybridized carbons (Fsp3) is 0.938. The van der Waals surface area contributed by atoms with Crippen molar-refractivity contribution in [3.8, 4) is 0 Å². The van der Waals surface area contributed by atoms with Crippen LogP contribution in [-0.4, -0.2) is 5.78 Å². The number of carbonyl (C=O) groups is 1. The Balaban J connectivity index is 3.20. The molecule has 0 aromatic carbocycles. The first-order valence-corrected chi connectivity index (χ1v) is 7.72. The quantitative estimate of drug-likeness (QED) is 0.410. The number of unbranched alkanes of at least 4 members (excludes halogenated alkanes) is 8. The van der Waals surface area contributed by atoms with Crippen LogP contribution < -0.4 is 0 Å². The standard InChI is InChI=1S/C16H32O/c1-4-6-7-8-9-10-11-12-13-14-16(5-2)15(3)17/h16H,4-14H2,1-3H3. The van der Waals surface area contributed by atoms with Crippen LogP contribution in [0.2, 0.25) is 0 Å². The number of hydrogen-bond acceptors (Lipinski definition) is 1. The van der Waals surface area contributed by atoms with Crippen LogP contribution >= 0.6 is 0 Å². The minimum Gasteiger partial charge on any atom is -0.300 e. The van der Waals surface area contributed by atoms with E-state index in [2.05, 4.69) is 13.8 Å². The van der Waals surface area contributed by atoms with E-state index in [1.807, 2.05) is 0 Å². The van der Waals surface area contributed by atoms with E-state index in [-0.39, 0.29) is 0 Å². The molecule has 1 unspecified atom stereocenters. The zero-order valence-electron chi connectivity index (χ0n) is 12.3. The molecule has 1 heteroatoms. The Bertz CT molecular complexity index is 174. The maximum Gasteiger partial charge on any atom is 0.132 e. The highest BCUT2D eigenvalue weighted by atomic mass is 16.1. The zero-order valence-corrected chi connectivity index (χ0v) is 12.3. The molecule has 0 amide bonds. The Morgan fingerprint density at radius 3 is 1.71 bits per heavy atom. The van der Waals surface area contributed by atoms with Crippen molar-refractivity contribution in [2.75, 3.05) is 0 Å². The lowest BCUT2D eigenvalue weighted by Gasteiger charge is -2.10. The third-order valence-electron chi connectivity index (χ3n) is 3.72. The summed E-state index contributed by atoms with van der Waals surface area (Å²) in [6.45, 7) is 6.13. The topological polar surface area (TPSA) is 17.1 Å². The Labute approximate surface area is 108 Å². The van der Waals surface area contributed by atoms with Gasteiger partial charge in [0, 0.05) is 5.92 Å². The van der Waals surface area contributed by atoms with Gasteiger partial charge in [-0.05, 0) is 19.8 Å². The molecule has 0 N–H and O–H groups in total. The van der Waals surface area contributed by atoms with Crippen LogP contribution in [0.1, 0.15) is 91.4 Å². The molecule has 0 aliphatic carbocycles. The molecule has 0 rings (SSSR count). The normalized spacial score (nSPS) is 12.6. The summed E-state index contributed by atoms with van der Waals surface area (Å²) in [6, 6.07) is 0. The van der Waals surface area contributed by atoms with Gasteiger partial charge in [0.25, 0.3) is 0 Å². The minimum absolute atomic E-state index is 0.333. The molecule has 0 saturated carbocycles. The van der Waals surface area contributed by atoms with E-state index < -0.39 is 0 Å². The van der Waals surface area contributed by atoms with Crippen molar-refractivity contribution < 1.29 is 4.79 Å². The molecule has 1 nitrogen and oxygen atoms in total. The Hall–Kier alpha value is -0.330. The van der Waals surface area contributed by atoms with Gasteiger partial charge in [0.1, 0.15) is 5.78 Å². The second kappa shape index (κ2) is 12.1. The third kappa shape index (κ3) is 10.5. The molecule has 0 bridgehead atoms. The average molecular weight is 240 g/mol. The van der Waals surface area contributed by atoms with Crippen molar-refractivity contribution in [1.29, 1.82) is 0 Å². The van der Waals surface area contributed by atoms with Gasteiger partial charge in [0.05, 0.1) is 0 Å². The predicted molar refractivity (Wildman–Crippen MR) is 76.3 cm³/mol. The van der Waals surface area contributed by atoms with E-state index in [4.69, 9.17) is 0 Å². The van der Waals surface area contributed by atoms with Gasteiger partial charge in [0.15, 0.2) is 0 Å². The van der Waals surface area contributed by atoms with E-state index in [9.17, 15) is 4.79 Å². The molecular weight excluding hydrogens is 208 g/mol. The summed E-state index contributed by atoms with van der Waals surface area (Å²) >= 11 is 0. The second-order valence-electron chi connectivity index (χ2n) is 5.33. The molecule has 0 aromatic rings. The summed E-state index contributed by atoms with van der Waals surface area (Å²) < 4.78 is 0. The minimum atomic E-state index is 0.333. The highest BCUT2D eigenvalue weighted by molar-refractivity contribution is 5.78. The molecule has 0 aliphatic rings. The van der Waals surface area contributed by atoms with Crippen molar-refractivity contribution in [2.45, 2.75) is 91.4 Å². The molecule has 0 fully saturated rings. The molecule has 0 spiro atoms. The summed E-state index contributed by atoms with van der Waals surface area (Å²) in [5.74, 6) is 0.714. The Morgan fingerprint density at radius 1 is 0.824 bits per heavy atom. The number of ketones is 1. The first kappa shape index (κ1) is 16.7. The van der Waals surface area contributed by atoms with Crippen LogP contribution in [0.3, 0.4) is 0 Å². The van der Waals surface area contributed by atoms with E-state index in [1.54, 1.807) is 6.92 Å². The zero-order chi connectivity index (χ0) is 12.9. The summed E-state index contributed by atoms with van der Waals surface area (Å²) in [5.41, 5.74) is 0. The van der Waals surface area contributed by atoms with E-state index in [0.717, 1.165) is 12.8 Å². The van der Waals surface area contributed by atoms with Crippen LogP contribution in [0.5, 0.6) is 0 Å². The molecule has 1 atom stereocenters. The fourth-order valence-electron chi connectivity index (χ4n) is 2.40. The van der Waals surface area contributed by atoms with Crippen LogP contribution in [0.25, 0.3) is 0 Å². The first-order chi connectivity index (χ1) is 8.22. The maximum absolute atomic E-state index is 11.2. The highest BCUT2D eigenvalue weighted by Crippen LogP contribution is 2.16. The van der Waals surface area contributed by atoms with Gasteiger partial charge < -0.3 is 0 Å². The predicted octanol–water partition coefficient (Wildman–Crippen LogP) is 5.52. The van der Waals surface area contributed by atoms with Crippen LogP contribution in [0, 0.1) is 5.92 Å². The van der Waals surface area contributed by atoms with Crippen molar-refractivity contribution in [2.24, 2.45) is 5.92 Å². The summed E-state index contributed by atoms with van der Waals surface area (Å²) in [6.07, 6.45) is 14.4. The van der Waals surface area contributed by atoms with Gasteiger partial charge in [0.2, 0.25) is 0 Å². The van der Waals surface area contributed by atoms with Crippen molar-refractivity contribution >= 4 is 5.78 Å². The van der Waals surface area contributed by atoms with Gasteiger partial charge in [-0.25, -0.2) is 0 Å². The maximum atomic E-state index is 11.2. The van der Waals surface area contributed by atoms with E-state index >= 15 is 0 Å². The van der Waals surface area contributed by atoms with E-state index in [1.165, 1.54) is 57.8 Å². The van der Waals surface area contributed by atoms with Crippen molar-refractivity contribution in [3.05, 3.63) is 0 Å². The lowest BCUT2D eigenvalue weighted by molar-refractivity contribution is -0.121. The summed E-state index contributed by atoms with van der Waals surface area (Å²) in [5, 5.41) is 0. The SMILES string of the molecule is CCCCCCCCCCCC(CC)C(C)=O. The highest BCUT2D eigenvalue weighted by Gasteiger charge is 2.10. The molecule has 0 saturated heterocycles. The molecule has 0 aliphatic heterocycles. The van der Waals surface area contributed by atoms with Crippen molar-refractivity contribution in [3.63, 3.8) is 0 Å². The molecule has 17 heavy (non-hydrogen) atoms. The first-order valence-electron chi connectivity index (χ1n) is 7.72. The third-order valence-corrected chi connectivity index (χ3v) is 3.72. The fourth-order valence-corrected chi connectivity index (χ4v) is 2.40. The van der Waals surface area contributed by atoms with Gasteiger partial charge in [-0.15, -0.1) is 0 Å². The molecule has 102 valence electrons. The molecule has 0 heterocycles. The number of Topliss-reactive ketones (excluding diaryl/α,β-unsaturated/α-hetero) is 1. The van der Waals surface area contributed by atoms with E-state index in [0.29, 0.717) is 11.7 Å². The number of hydrogen-bond donors (Lipinski definition) is 0. The molecule has 0 radical (unpaired) electrons. The number of rotatable bonds is 12. The Morgan fingerprint density at radius 2 is 1.29 bits per heavy atom. The lowest BCUT2D eigenvalue weighted by atomic mass is 9.94. The van der Waals surface area contributed by atoms with Gasteiger partial charge >= 0.3 is 0 Å². The average Bonchev–Trinajstić information content (AvgIpc) is 2.31. The van der Waals surface area contributed by atoms with Gasteiger partial charge in [-0.3, -0.25) is 4.79 Å². The van der Waals surface area contributed by atoms with Crippen LogP contribution in [0.15, 0.2) is 0 Å². The van der Waals surface area contributed by atoms with Gasteiger partial charge in [-0.2, -0.15) is 0 Å².